The summed E-state index contributed by atoms with van der Waals surface area (Å²) in [5, 5.41) is 21.9. The van der Waals surface area contributed by atoms with Crippen molar-refractivity contribution in [3.8, 4) is 0 Å². The van der Waals surface area contributed by atoms with Gasteiger partial charge in [0.2, 0.25) is 0 Å². The molecule has 3 rings (SSSR count). The van der Waals surface area contributed by atoms with Crippen LogP contribution in [0, 0.1) is 17.8 Å². The normalized spacial score (nSPS) is 33.5. The van der Waals surface area contributed by atoms with Crippen molar-refractivity contribution in [1.29, 1.82) is 0 Å². The van der Waals surface area contributed by atoms with Gasteiger partial charge < -0.3 is 10.2 Å². The number of nitrogens with one attached hydrogen (secondary N) is 1. The average Bonchev–Trinajstić information content (AvgIpc) is 3.04. The molecule has 2 aliphatic rings. The lowest BCUT2D eigenvalue weighted by atomic mass is 9.90. The lowest BCUT2D eigenvalue weighted by Gasteiger charge is -2.28. The number of fused-ring (bicyclic) bond motifs is 1. The van der Waals surface area contributed by atoms with E-state index in [1.165, 1.54) is 0 Å². The minimum absolute atomic E-state index is 0.00797. The van der Waals surface area contributed by atoms with Crippen LogP contribution in [0.25, 0.3) is 0 Å². The van der Waals surface area contributed by atoms with E-state index in [2.05, 4.69) is 21.2 Å². The lowest BCUT2D eigenvalue weighted by molar-refractivity contribution is -0.147. The molecule has 0 heterocycles. The topological polar surface area (TPSA) is 86.6 Å². The number of benzene rings is 1. The molecule has 6 heteroatoms. The Labute approximate surface area is 130 Å². The van der Waals surface area contributed by atoms with Crippen LogP contribution in [0.5, 0.6) is 0 Å². The number of hydrogen-bond donors (Lipinski definition) is 3. The first-order valence-electron chi connectivity index (χ1n) is 6.91. The summed E-state index contributed by atoms with van der Waals surface area (Å²) in [6, 6.07) is 7.64. The first kappa shape index (κ1) is 14.5. The van der Waals surface area contributed by atoms with Gasteiger partial charge in [-0.1, -0.05) is 28.1 Å². The zero-order chi connectivity index (χ0) is 15.2. The SMILES string of the molecule is O=C(O)C1C2CCC(NCc3cccc(Br)c3)(C(=O)O)C21. The highest BCUT2D eigenvalue weighted by atomic mass is 79.9. The van der Waals surface area contributed by atoms with Gasteiger partial charge in [0.25, 0.3) is 0 Å². The van der Waals surface area contributed by atoms with E-state index >= 15 is 0 Å². The van der Waals surface area contributed by atoms with Gasteiger partial charge in [0, 0.05) is 16.9 Å². The van der Waals surface area contributed by atoms with Crippen LogP contribution >= 0.6 is 15.9 Å². The summed E-state index contributed by atoms with van der Waals surface area (Å²) in [5.74, 6) is -2.61. The van der Waals surface area contributed by atoms with Crippen LogP contribution in [0.2, 0.25) is 0 Å². The third-order valence-corrected chi connectivity index (χ3v) is 5.27. The Kier molecular flexibility index (Phi) is 3.53. The van der Waals surface area contributed by atoms with E-state index in [-0.39, 0.29) is 11.8 Å². The molecule has 0 spiro atoms. The van der Waals surface area contributed by atoms with Crippen LogP contribution in [0.4, 0.5) is 0 Å². The Balaban J connectivity index is 1.77. The summed E-state index contributed by atoms with van der Waals surface area (Å²) in [6.07, 6.45) is 1.16. The molecule has 5 nitrogen and oxygen atoms in total. The maximum atomic E-state index is 11.8. The van der Waals surface area contributed by atoms with Crippen LogP contribution in [0.15, 0.2) is 28.7 Å². The molecular formula is C15H16BrNO4. The second kappa shape index (κ2) is 5.10. The van der Waals surface area contributed by atoms with Crippen LogP contribution in [0.3, 0.4) is 0 Å². The molecule has 4 unspecified atom stereocenters. The quantitative estimate of drug-likeness (QED) is 0.754. The number of carboxylic acid groups (broad SMARTS) is 2. The second-order valence-electron chi connectivity index (χ2n) is 5.85. The van der Waals surface area contributed by atoms with Gasteiger partial charge in [0.15, 0.2) is 0 Å². The van der Waals surface area contributed by atoms with Gasteiger partial charge in [-0.2, -0.15) is 0 Å². The van der Waals surface area contributed by atoms with Crippen molar-refractivity contribution in [2.75, 3.05) is 0 Å². The first-order chi connectivity index (χ1) is 9.95. The van der Waals surface area contributed by atoms with Gasteiger partial charge in [0.05, 0.1) is 5.92 Å². The van der Waals surface area contributed by atoms with Crippen molar-refractivity contribution < 1.29 is 19.8 Å². The summed E-state index contributed by atoms with van der Waals surface area (Å²) >= 11 is 3.38. The van der Waals surface area contributed by atoms with E-state index in [0.29, 0.717) is 19.4 Å². The van der Waals surface area contributed by atoms with Gasteiger partial charge in [-0.05, 0) is 36.5 Å². The highest BCUT2D eigenvalue weighted by Crippen LogP contribution is 2.62. The molecule has 0 aromatic heterocycles. The molecule has 2 fully saturated rings. The smallest absolute Gasteiger partial charge is 0.324 e. The van der Waals surface area contributed by atoms with Crippen molar-refractivity contribution in [3.05, 3.63) is 34.3 Å². The second-order valence-corrected chi connectivity index (χ2v) is 6.77. The molecule has 0 radical (unpaired) electrons. The molecule has 0 bridgehead atoms. The zero-order valence-electron chi connectivity index (χ0n) is 11.3. The number of carboxylic acids is 2. The molecule has 112 valence electrons. The predicted molar refractivity (Wildman–Crippen MR) is 78.7 cm³/mol. The molecule has 1 aromatic rings. The predicted octanol–water partition coefficient (Wildman–Crippen LogP) is 2.10. The summed E-state index contributed by atoms with van der Waals surface area (Å²) in [4.78, 5) is 22.9. The number of rotatable bonds is 5. The molecule has 0 saturated heterocycles. The monoisotopic (exact) mass is 353 g/mol. The average molecular weight is 354 g/mol. The molecule has 2 saturated carbocycles. The van der Waals surface area contributed by atoms with Crippen LogP contribution < -0.4 is 5.32 Å². The van der Waals surface area contributed by atoms with Gasteiger partial charge >= 0.3 is 11.9 Å². The number of aliphatic carboxylic acids is 2. The Hall–Kier alpha value is -1.40. The maximum Gasteiger partial charge on any atom is 0.324 e. The Morgan fingerprint density at radius 1 is 1.38 bits per heavy atom. The van der Waals surface area contributed by atoms with Gasteiger partial charge in [-0.15, -0.1) is 0 Å². The fourth-order valence-electron chi connectivity index (χ4n) is 3.74. The van der Waals surface area contributed by atoms with E-state index in [9.17, 15) is 14.7 Å². The molecule has 1 aromatic carbocycles. The minimum atomic E-state index is -1.10. The highest BCUT2D eigenvalue weighted by molar-refractivity contribution is 9.10. The van der Waals surface area contributed by atoms with Crippen molar-refractivity contribution >= 4 is 27.9 Å². The van der Waals surface area contributed by atoms with Crippen molar-refractivity contribution in [2.24, 2.45) is 17.8 Å². The largest absolute Gasteiger partial charge is 0.481 e. The Bertz CT molecular complexity index is 605. The summed E-state index contributed by atoms with van der Waals surface area (Å²) < 4.78 is 0.935. The third-order valence-electron chi connectivity index (χ3n) is 4.77. The van der Waals surface area contributed by atoms with Gasteiger partial charge in [-0.25, -0.2) is 0 Å². The molecular weight excluding hydrogens is 338 g/mol. The fraction of sp³-hybridized carbons (Fsp3) is 0.467. The number of carbonyl (C=O) groups is 2. The van der Waals surface area contributed by atoms with Crippen LogP contribution in [0.1, 0.15) is 18.4 Å². The maximum absolute atomic E-state index is 11.8. The first-order valence-corrected chi connectivity index (χ1v) is 7.71. The van der Waals surface area contributed by atoms with E-state index < -0.39 is 23.4 Å². The Morgan fingerprint density at radius 3 is 2.71 bits per heavy atom. The highest BCUT2D eigenvalue weighted by Gasteiger charge is 2.71. The molecule has 4 atom stereocenters. The van der Waals surface area contributed by atoms with Crippen LogP contribution in [-0.2, 0) is 16.1 Å². The molecule has 3 N–H and O–H groups in total. The lowest BCUT2D eigenvalue weighted by Crippen LogP contribution is -2.53. The number of hydrogen-bond acceptors (Lipinski definition) is 3. The van der Waals surface area contributed by atoms with E-state index in [1.54, 1.807) is 0 Å². The van der Waals surface area contributed by atoms with Crippen molar-refractivity contribution in [3.63, 3.8) is 0 Å². The number of halogens is 1. The standard InChI is InChI=1S/C15H16BrNO4/c16-9-3-1-2-8(6-9)7-17-15(14(20)21)5-4-10-11(12(10)15)13(18)19/h1-3,6,10-12,17H,4-5,7H2,(H,18,19)(H,20,21). The third kappa shape index (κ3) is 2.36. The molecule has 0 aliphatic heterocycles. The summed E-state index contributed by atoms with van der Waals surface area (Å²) in [6.45, 7) is 0.418. The zero-order valence-corrected chi connectivity index (χ0v) is 12.8. The minimum Gasteiger partial charge on any atom is -0.481 e. The van der Waals surface area contributed by atoms with Crippen LogP contribution in [-0.4, -0.2) is 27.7 Å². The van der Waals surface area contributed by atoms with Gasteiger partial charge in [0.1, 0.15) is 5.54 Å². The van der Waals surface area contributed by atoms with Crippen molar-refractivity contribution in [2.45, 2.75) is 24.9 Å². The van der Waals surface area contributed by atoms with Crippen molar-refractivity contribution in [1.82, 2.24) is 5.32 Å². The molecule has 21 heavy (non-hydrogen) atoms. The summed E-state index contributed by atoms with van der Waals surface area (Å²) in [7, 11) is 0. The molecule has 2 aliphatic carbocycles. The molecule has 0 amide bonds. The van der Waals surface area contributed by atoms with E-state index in [1.807, 2.05) is 24.3 Å². The van der Waals surface area contributed by atoms with E-state index in [4.69, 9.17) is 5.11 Å². The summed E-state index contributed by atoms with van der Waals surface area (Å²) in [5.41, 5.74) is -0.128. The van der Waals surface area contributed by atoms with Gasteiger partial charge in [-0.3, -0.25) is 14.9 Å². The fourth-order valence-corrected chi connectivity index (χ4v) is 4.19. The van der Waals surface area contributed by atoms with E-state index in [0.717, 1.165) is 10.0 Å². The Morgan fingerprint density at radius 2 is 2.14 bits per heavy atom.